The van der Waals surface area contributed by atoms with E-state index in [0.717, 1.165) is 11.4 Å². The van der Waals surface area contributed by atoms with Crippen LogP contribution in [0.25, 0.3) is 5.69 Å². The lowest BCUT2D eigenvalue weighted by atomic mass is 10.3. The number of para-hydroxylation sites is 2. The van der Waals surface area contributed by atoms with Gasteiger partial charge in [0.15, 0.2) is 0 Å². The Morgan fingerprint density at radius 2 is 1.71 bits per heavy atom. The first-order chi connectivity index (χ1) is 11.7. The molecule has 122 valence electrons. The molecule has 0 aliphatic carbocycles. The molecule has 0 saturated carbocycles. The number of rotatable bonds is 5. The van der Waals surface area contributed by atoms with Gasteiger partial charge in [0.2, 0.25) is 11.1 Å². The van der Waals surface area contributed by atoms with E-state index in [1.165, 1.54) is 11.8 Å². The topological polar surface area (TPSA) is 63.9 Å². The fraction of sp³-hybridized carbons (Fsp3) is 0.176. The van der Waals surface area contributed by atoms with Gasteiger partial charge >= 0.3 is 0 Å². The monoisotopic (exact) mass is 339 g/mol. The molecule has 3 aromatic rings. The van der Waals surface area contributed by atoms with E-state index in [9.17, 15) is 4.79 Å². The molecule has 0 N–H and O–H groups in total. The zero-order chi connectivity index (χ0) is 16.9. The zero-order valence-electron chi connectivity index (χ0n) is 13.4. The molecule has 0 fully saturated rings. The summed E-state index contributed by atoms with van der Waals surface area (Å²) < 4.78 is 1.64. The van der Waals surface area contributed by atoms with Crippen LogP contribution in [0.2, 0.25) is 0 Å². The molecule has 1 atom stereocenters. The highest BCUT2D eigenvalue weighted by Crippen LogP contribution is 2.25. The van der Waals surface area contributed by atoms with Crippen molar-refractivity contribution in [2.75, 3.05) is 11.9 Å². The Labute approximate surface area is 144 Å². The summed E-state index contributed by atoms with van der Waals surface area (Å²) in [5.74, 6) is -0.00573. The zero-order valence-corrected chi connectivity index (χ0v) is 14.2. The highest BCUT2D eigenvalue weighted by atomic mass is 32.2. The first kappa shape index (κ1) is 16.2. The van der Waals surface area contributed by atoms with Crippen LogP contribution in [0.3, 0.4) is 0 Å². The number of amides is 1. The molecule has 1 amide bonds. The SMILES string of the molecule is C[C@H](Sc1nnnn1-c1ccccc1)C(=O)N(C)c1ccccc1. The van der Waals surface area contributed by atoms with Crippen molar-refractivity contribution in [1.82, 2.24) is 20.2 Å². The molecule has 0 radical (unpaired) electrons. The molecule has 0 bridgehead atoms. The van der Waals surface area contributed by atoms with Crippen LogP contribution < -0.4 is 4.90 Å². The van der Waals surface area contributed by atoms with E-state index in [1.54, 1.807) is 16.6 Å². The highest BCUT2D eigenvalue weighted by Gasteiger charge is 2.22. The smallest absolute Gasteiger partial charge is 0.240 e. The van der Waals surface area contributed by atoms with Crippen molar-refractivity contribution < 1.29 is 4.79 Å². The predicted octanol–water partition coefficient (Wildman–Crippen LogP) is 2.81. The summed E-state index contributed by atoms with van der Waals surface area (Å²) in [4.78, 5) is 14.3. The van der Waals surface area contributed by atoms with Crippen LogP contribution in [0.1, 0.15) is 6.92 Å². The third-order valence-corrected chi connectivity index (χ3v) is 4.57. The quantitative estimate of drug-likeness (QED) is 0.669. The standard InChI is InChI=1S/C17H17N5OS/c1-13(16(23)21(2)14-9-5-3-6-10-14)24-17-18-19-20-22(17)15-11-7-4-8-12-15/h3-13H,1-2H3/t13-/m0/s1. The predicted molar refractivity (Wildman–Crippen MR) is 94.3 cm³/mol. The van der Waals surface area contributed by atoms with Gasteiger partial charge in [-0.05, 0) is 41.6 Å². The lowest BCUT2D eigenvalue weighted by Crippen LogP contribution is -2.33. The Bertz CT molecular complexity index is 806. The first-order valence-corrected chi connectivity index (χ1v) is 8.38. The van der Waals surface area contributed by atoms with Gasteiger partial charge in [0.25, 0.3) is 0 Å². The third kappa shape index (κ3) is 3.46. The number of anilines is 1. The molecule has 0 unspecified atom stereocenters. The molecule has 7 heteroatoms. The van der Waals surface area contributed by atoms with Crippen LogP contribution in [0.15, 0.2) is 65.8 Å². The molecule has 3 rings (SSSR count). The van der Waals surface area contributed by atoms with Crippen molar-refractivity contribution in [2.45, 2.75) is 17.3 Å². The summed E-state index contributed by atoms with van der Waals surface area (Å²) >= 11 is 1.34. The summed E-state index contributed by atoms with van der Waals surface area (Å²) in [7, 11) is 1.77. The maximum Gasteiger partial charge on any atom is 0.240 e. The van der Waals surface area contributed by atoms with Crippen molar-refractivity contribution in [3.8, 4) is 5.69 Å². The van der Waals surface area contributed by atoms with Gasteiger partial charge in [-0.15, -0.1) is 5.10 Å². The van der Waals surface area contributed by atoms with E-state index in [4.69, 9.17) is 0 Å². The summed E-state index contributed by atoms with van der Waals surface area (Å²) in [6.45, 7) is 1.86. The van der Waals surface area contributed by atoms with Gasteiger partial charge in [-0.1, -0.05) is 48.2 Å². The Balaban J connectivity index is 1.75. The average Bonchev–Trinajstić information content (AvgIpc) is 3.10. The van der Waals surface area contributed by atoms with Crippen molar-refractivity contribution in [3.05, 3.63) is 60.7 Å². The van der Waals surface area contributed by atoms with E-state index in [2.05, 4.69) is 15.5 Å². The average molecular weight is 339 g/mol. The number of thioether (sulfide) groups is 1. The maximum atomic E-state index is 12.6. The number of hydrogen-bond acceptors (Lipinski definition) is 5. The number of aromatic nitrogens is 4. The summed E-state index contributed by atoms with van der Waals surface area (Å²) in [5.41, 5.74) is 1.72. The molecule has 0 aliphatic heterocycles. The number of nitrogens with zero attached hydrogens (tertiary/aromatic N) is 5. The van der Waals surface area contributed by atoms with Crippen LogP contribution >= 0.6 is 11.8 Å². The van der Waals surface area contributed by atoms with Gasteiger partial charge in [-0.2, -0.15) is 4.68 Å². The van der Waals surface area contributed by atoms with E-state index in [1.807, 2.05) is 67.6 Å². The third-order valence-electron chi connectivity index (χ3n) is 3.55. The van der Waals surface area contributed by atoms with Crippen LogP contribution in [-0.4, -0.2) is 38.4 Å². The molecule has 0 spiro atoms. The Morgan fingerprint density at radius 3 is 2.38 bits per heavy atom. The van der Waals surface area contributed by atoms with Crippen LogP contribution in [0.5, 0.6) is 0 Å². The van der Waals surface area contributed by atoms with Gasteiger partial charge in [0, 0.05) is 12.7 Å². The van der Waals surface area contributed by atoms with Crippen molar-refractivity contribution >= 4 is 23.4 Å². The fourth-order valence-corrected chi connectivity index (χ4v) is 3.14. The minimum absolute atomic E-state index is 0.00573. The molecule has 6 nitrogen and oxygen atoms in total. The fourth-order valence-electron chi connectivity index (χ4n) is 2.24. The number of benzene rings is 2. The normalized spacial score (nSPS) is 11.9. The summed E-state index contributed by atoms with van der Waals surface area (Å²) in [6, 6.07) is 19.2. The minimum atomic E-state index is -0.316. The second kappa shape index (κ2) is 7.27. The molecular formula is C17H17N5OS. The molecule has 0 saturated heterocycles. The number of tetrazole rings is 1. The summed E-state index contributed by atoms with van der Waals surface area (Å²) in [5, 5.41) is 12.1. The maximum absolute atomic E-state index is 12.6. The van der Waals surface area contributed by atoms with Gasteiger partial charge < -0.3 is 4.90 Å². The van der Waals surface area contributed by atoms with Crippen molar-refractivity contribution in [2.24, 2.45) is 0 Å². The highest BCUT2D eigenvalue weighted by molar-refractivity contribution is 8.00. The van der Waals surface area contributed by atoms with Crippen LogP contribution in [-0.2, 0) is 4.79 Å². The second-order valence-corrected chi connectivity index (χ2v) is 6.51. The van der Waals surface area contributed by atoms with Crippen LogP contribution in [0, 0.1) is 0 Å². The van der Waals surface area contributed by atoms with Gasteiger partial charge in [-0.25, -0.2) is 0 Å². The Kier molecular flexibility index (Phi) is 4.90. The number of carbonyl (C=O) groups excluding carboxylic acids is 1. The molecular weight excluding hydrogens is 322 g/mol. The largest absolute Gasteiger partial charge is 0.315 e. The molecule has 1 heterocycles. The van der Waals surface area contributed by atoms with E-state index in [-0.39, 0.29) is 11.2 Å². The lowest BCUT2D eigenvalue weighted by molar-refractivity contribution is -0.117. The Morgan fingerprint density at radius 1 is 1.08 bits per heavy atom. The van der Waals surface area contributed by atoms with E-state index >= 15 is 0 Å². The van der Waals surface area contributed by atoms with Crippen molar-refractivity contribution in [1.29, 1.82) is 0 Å². The molecule has 2 aromatic carbocycles. The van der Waals surface area contributed by atoms with E-state index < -0.39 is 0 Å². The van der Waals surface area contributed by atoms with E-state index in [0.29, 0.717) is 5.16 Å². The van der Waals surface area contributed by atoms with Gasteiger partial charge in [0.05, 0.1) is 10.9 Å². The van der Waals surface area contributed by atoms with Crippen molar-refractivity contribution in [3.63, 3.8) is 0 Å². The summed E-state index contributed by atoms with van der Waals surface area (Å²) in [6.07, 6.45) is 0. The van der Waals surface area contributed by atoms with Gasteiger partial charge in [0.1, 0.15) is 0 Å². The van der Waals surface area contributed by atoms with Crippen LogP contribution in [0.4, 0.5) is 5.69 Å². The Hall–Kier alpha value is -2.67. The molecule has 24 heavy (non-hydrogen) atoms. The lowest BCUT2D eigenvalue weighted by Gasteiger charge is -2.20. The molecule has 0 aliphatic rings. The minimum Gasteiger partial charge on any atom is -0.315 e. The molecule has 1 aromatic heterocycles. The second-order valence-electron chi connectivity index (χ2n) is 5.20. The first-order valence-electron chi connectivity index (χ1n) is 7.50. The number of hydrogen-bond donors (Lipinski definition) is 0. The van der Waals surface area contributed by atoms with Gasteiger partial charge in [-0.3, -0.25) is 4.79 Å². The number of carbonyl (C=O) groups is 1.